The van der Waals surface area contributed by atoms with Crippen LogP contribution in [0.4, 0.5) is 9.41 Å². The minimum absolute atomic E-state index is 0. The van der Waals surface area contributed by atoms with E-state index in [1.807, 2.05) is 27.7 Å². The van der Waals surface area contributed by atoms with Crippen LogP contribution in [-0.2, 0) is 12.8 Å². The predicted molar refractivity (Wildman–Crippen MR) is 636 cm³/mol. The van der Waals surface area contributed by atoms with Crippen LogP contribution < -0.4 is 70.1 Å². The topological polar surface area (TPSA) is 332 Å². The first kappa shape index (κ1) is 129. The number of rotatable bonds is 18. The number of aliphatic hydroxyl groups is 2. The maximum Gasteiger partial charge on any atom is 0.165 e. The standard InChI is InChI=1S/C51H53BO12P4.C51H54O12P4.6CH4.2B.2FH.2HI.4H2/c1-20-7-8-26(14-21(20)2)46-24(5)15-29-22(3)13-23(4)38(49(29)58-46)39-25(6)47(27-9-11-30(53)31(54)16-27)59-50-40(39)32(55)18-33(56)41(50)43-42-36(63-67)19-37(64-68)44(52)51(42)60-48(45(43)57)28-10-12-34(61-65)35(17-28)62-66;1-21-7-8-27(14-22(21)2)47-25(5)15-31-23(3)13-24(4)40(50(31)58-47)41-26(6)48(28-9-11-32(52)33(53)16-28)59-51-42(41)34(54)20-35(55)43(51)45-44-38(18-30(60-64)19-39(44)63-67)57-49(46(45)56)29-10-12-36(61-65)37(17-29)62-66;;;;;;;;;;;;;;;;/h7-14,16-19,24-25,39,43,45-48,53-57H,15,65-68H2,1-6H3;7-14,16-20,25-26,41,45-49,52-56H,15,64-67H2,1-6H3;6*1H4;;;8*1H/i;;;;;;;;;;;;;;2*1+1;;. The van der Waals surface area contributed by atoms with Crippen LogP contribution in [0.3, 0.4) is 0 Å². The Kier molecular flexibility index (Phi) is 45.4. The number of hydrogen-bond acceptors (Lipinski definition) is 24. The molecule has 0 saturated carbocycles. The van der Waals surface area contributed by atoms with Gasteiger partial charge in [0.2, 0.25) is 0 Å². The summed E-state index contributed by atoms with van der Waals surface area (Å²) in [5, 5.41) is 118. The molecular weight excluding hydrogens is 2250 g/mol. The van der Waals surface area contributed by atoms with Gasteiger partial charge in [-0.15, -0.1) is 48.0 Å². The SMILES string of the molecule is C.C.C.C.C.C.Cc1ccc(C2Oc3c(c(C)cc(C)c3C3c4c(O)cc(O)c(C5c6c(OP)cc(OP)cc6OC(c6ccc(OP)c(OP)c6)C5O)c4OC(c4ccc(O)c(O)c4)C3C)CC2C)cc1C.F.F.I.I.[2HH].[2HH].[B].[B].[B]c1c(OP)cc(OP)c2c1OC(c1ccc(OP)c(OP)c1)C(O)C2c1c(O)cc(O)c2c1OC(c1ccc(O)c(O)c1)C(C)C2c1c(C)cc(C)c2c1OC(c1ccc(C)c(C)c1)C(C)C2.[HH].[HH]. The molecule has 24 nitrogen and oxygen atoms in total. The van der Waals surface area contributed by atoms with Gasteiger partial charge in [0.25, 0.3) is 0 Å². The highest BCUT2D eigenvalue weighted by Gasteiger charge is 2.54. The maximum absolute atomic E-state index is 13.0. The second-order valence-corrected chi connectivity index (χ2v) is 38.1. The van der Waals surface area contributed by atoms with Gasteiger partial charge in [-0.3, -0.25) is 9.41 Å². The van der Waals surface area contributed by atoms with E-state index in [9.17, 15) is 51.1 Å². The van der Waals surface area contributed by atoms with Crippen molar-refractivity contribution in [2.24, 2.45) is 23.7 Å². The fourth-order valence-electron chi connectivity index (χ4n) is 21.2. The average molecular weight is 2400 g/mol. The van der Waals surface area contributed by atoms with E-state index in [1.165, 1.54) is 53.1 Å². The number of halogens is 4. The molecule has 24 unspecified atom stereocenters. The summed E-state index contributed by atoms with van der Waals surface area (Å²) in [6.07, 6.45) is -6.04. The molecule has 147 heavy (non-hydrogen) atoms. The lowest BCUT2D eigenvalue weighted by Crippen LogP contribution is -2.38. The summed E-state index contributed by atoms with van der Waals surface area (Å²) in [4.78, 5) is 0. The lowest BCUT2D eigenvalue weighted by Gasteiger charge is -2.44. The molecule has 39 heteroatoms. The van der Waals surface area contributed by atoms with Crippen LogP contribution in [0.1, 0.15) is 272 Å². The van der Waals surface area contributed by atoms with E-state index in [2.05, 4.69) is 180 Å². The molecule has 0 aliphatic carbocycles. The molecule has 6 aliphatic rings. The highest BCUT2D eigenvalue weighted by atomic mass is 127. The van der Waals surface area contributed by atoms with Crippen LogP contribution in [-0.4, -0.2) is 87.9 Å². The Morgan fingerprint density at radius 2 is 0.612 bits per heavy atom. The van der Waals surface area contributed by atoms with Crippen LogP contribution in [0.2, 0.25) is 0 Å². The summed E-state index contributed by atoms with van der Waals surface area (Å²) in [5.74, 6) is -2.51. The third-order valence-corrected chi connectivity index (χ3v) is 30.1. The molecule has 0 aromatic heterocycles. The quantitative estimate of drug-likeness (QED) is 0.0165. The maximum atomic E-state index is 13.0. The molecule has 8 radical (unpaired) electrons. The lowest BCUT2D eigenvalue weighted by atomic mass is 9.69. The van der Waals surface area contributed by atoms with Crippen molar-refractivity contribution in [1.29, 1.82) is 0 Å². The summed E-state index contributed by atoms with van der Waals surface area (Å²) >= 11 is 0. The molecule has 10 N–H and O–H groups in total. The van der Waals surface area contributed by atoms with E-state index in [4.69, 9.17) is 72.5 Å². The van der Waals surface area contributed by atoms with Crippen molar-refractivity contribution in [2.45, 2.75) is 213 Å². The molecule has 6 aliphatic heterocycles. The van der Waals surface area contributed by atoms with E-state index in [-0.39, 0.29) is 251 Å². The summed E-state index contributed by atoms with van der Waals surface area (Å²) in [5.41, 5.74) is 18.2. The van der Waals surface area contributed by atoms with Gasteiger partial charge in [0.15, 0.2) is 58.2 Å². The third kappa shape index (κ3) is 23.1. The molecule has 0 fully saturated rings. The number of aromatic hydroxyl groups is 8. The van der Waals surface area contributed by atoms with Crippen molar-refractivity contribution in [2.75, 3.05) is 0 Å². The molecular formula is C108H143B3F2I2O24P8. The van der Waals surface area contributed by atoms with Gasteiger partial charge in [-0.25, -0.2) is 0 Å². The van der Waals surface area contributed by atoms with Crippen LogP contribution in [0.15, 0.2) is 152 Å². The second-order valence-electron chi connectivity index (χ2n) is 36.2. The van der Waals surface area contributed by atoms with Crippen molar-refractivity contribution < 1.29 is 131 Å². The average Bonchev–Trinajstić information content (AvgIpc) is 0.710. The molecule has 12 aromatic rings. The fourth-order valence-corrected chi connectivity index (χ4v) is 22.6. The molecule has 18 rings (SSSR count). The molecule has 796 valence electrons. The lowest BCUT2D eigenvalue weighted by molar-refractivity contribution is 0.00577. The zero-order valence-corrected chi connectivity index (χ0v) is 92.7. The smallest absolute Gasteiger partial charge is 0.165 e. The molecule has 6 heterocycles. The van der Waals surface area contributed by atoms with Gasteiger partial charge in [-0.1, -0.05) is 145 Å². The Morgan fingerprint density at radius 3 is 0.980 bits per heavy atom. The van der Waals surface area contributed by atoms with E-state index in [1.54, 1.807) is 66.7 Å². The normalized spacial score (nSPS) is 20.9. The van der Waals surface area contributed by atoms with Crippen LogP contribution in [0.25, 0.3) is 0 Å². The Bertz CT molecular complexity index is 6770. The number of fused-ring (bicyclic) bond motifs is 6. The highest BCUT2D eigenvalue weighted by molar-refractivity contribution is 14.0. The highest BCUT2D eigenvalue weighted by Crippen LogP contribution is 2.67. The summed E-state index contributed by atoms with van der Waals surface area (Å²) < 4.78 is 87.1. The first-order valence-electron chi connectivity index (χ1n) is 43.9. The molecule has 12 aromatic carbocycles. The third-order valence-electron chi connectivity index (χ3n) is 28.0. The molecule has 0 bridgehead atoms. The van der Waals surface area contributed by atoms with E-state index >= 15 is 0 Å². The Morgan fingerprint density at radius 1 is 0.286 bits per heavy atom. The van der Waals surface area contributed by atoms with Crippen LogP contribution in [0, 0.1) is 79.1 Å². The van der Waals surface area contributed by atoms with Gasteiger partial charge in [-0.2, -0.15) is 0 Å². The van der Waals surface area contributed by atoms with Gasteiger partial charge < -0.3 is 116 Å². The van der Waals surface area contributed by atoms with Gasteiger partial charge in [0.1, 0.15) is 125 Å². The second kappa shape index (κ2) is 52.0. The molecule has 0 spiro atoms. The number of benzene rings is 12. The largest absolute Gasteiger partial charge is 0.507 e. The van der Waals surface area contributed by atoms with Gasteiger partial charge >= 0.3 is 0 Å². The molecule has 0 amide bonds. The first-order chi connectivity index (χ1) is 64.6. The minimum atomic E-state index is -1.50. The Balaban J connectivity index is 0.00000137. The summed E-state index contributed by atoms with van der Waals surface area (Å²) in [7, 11) is 24.4. The van der Waals surface area contributed by atoms with Crippen molar-refractivity contribution in [3.63, 3.8) is 0 Å². The zero-order chi connectivity index (χ0) is 96.4. The number of hydrogen-bond donors (Lipinski definition) is 10. The molecule has 24 atom stereocenters. The minimum Gasteiger partial charge on any atom is -0.507 e. The van der Waals surface area contributed by atoms with E-state index in [0.29, 0.717) is 73.4 Å². The number of aliphatic hydroxyl groups excluding tert-OH is 2. The van der Waals surface area contributed by atoms with Crippen LogP contribution >= 0.6 is 124 Å². The van der Waals surface area contributed by atoms with Gasteiger partial charge in [0.05, 0.1) is 87.6 Å². The number of aryl methyl sites for hydroxylation is 8. The van der Waals surface area contributed by atoms with Crippen molar-refractivity contribution >= 4 is 154 Å². The Hall–Kier alpha value is -8.89. The summed E-state index contributed by atoms with van der Waals surface area (Å²) in [6, 6.07) is 43.8. The fraction of sp³-hybridized carbons (Fsp3) is 0.333. The Labute approximate surface area is 926 Å². The van der Waals surface area contributed by atoms with Gasteiger partial charge in [0, 0.05) is 133 Å². The summed E-state index contributed by atoms with van der Waals surface area (Å²) in [6.45, 7) is 25.0. The predicted octanol–water partition coefficient (Wildman–Crippen LogP) is 26.9. The zero-order valence-electron chi connectivity index (χ0n) is 78.8. The number of phenolic OH excluding ortho intramolecular Hbond substituents is 8. The number of ether oxygens (including phenoxy) is 6. The van der Waals surface area contributed by atoms with Crippen LogP contribution in [0.5, 0.6) is 126 Å². The van der Waals surface area contributed by atoms with Crippen molar-refractivity contribution in [1.82, 2.24) is 0 Å². The first-order valence-corrected chi connectivity index (χ1v) is 47.7. The van der Waals surface area contributed by atoms with Crippen molar-refractivity contribution in [3.05, 3.63) is 285 Å². The van der Waals surface area contributed by atoms with Gasteiger partial charge in [-0.05, 0) is 211 Å². The monoisotopic (exact) mass is 2400 g/mol. The molecule has 0 saturated heterocycles. The number of phenols is 8. The van der Waals surface area contributed by atoms with Crippen molar-refractivity contribution in [3.8, 4) is 126 Å². The van der Waals surface area contributed by atoms with E-state index in [0.717, 1.165) is 79.8 Å². The van der Waals surface area contributed by atoms with E-state index < -0.39 is 77.9 Å².